The van der Waals surface area contributed by atoms with Gasteiger partial charge in [-0.1, -0.05) is 157 Å². The summed E-state index contributed by atoms with van der Waals surface area (Å²) < 4.78 is 16.5. The van der Waals surface area contributed by atoms with Crippen LogP contribution in [-0.4, -0.2) is 37.2 Å². The van der Waals surface area contributed by atoms with Crippen molar-refractivity contribution in [2.75, 3.05) is 13.2 Å². The van der Waals surface area contributed by atoms with E-state index in [2.05, 4.69) is 34.6 Å². The summed E-state index contributed by atoms with van der Waals surface area (Å²) in [4.78, 5) is 37.2. The summed E-state index contributed by atoms with van der Waals surface area (Å²) in [7, 11) is 0. The van der Waals surface area contributed by atoms with Gasteiger partial charge in [0, 0.05) is 19.3 Å². The van der Waals surface area contributed by atoms with Crippen molar-refractivity contribution in [1.29, 1.82) is 0 Å². The minimum Gasteiger partial charge on any atom is -0.462 e. The fourth-order valence-electron chi connectivity index (χ4n) is 5.34. The van der Waals surface area contributed by atoms with Crippen LogP contribution in [0.2, 0.25) is 0 Å². The molecule has 1 atom stereocenters. The van der Waals surface area contributed by atoms with Gasteiger partial charge in [0.25, 0.3) is 0 Å². The quantitative estimate of drug-likeness (QED) is 0.0421. The predicted molar refractivity (Wildman–Crippen MR) is 183 cm³/mol. The zero-order valence-corrected chi connectivity index (χ0v) is 29.8. The molecule has 6 heteroatoms. The molecule has 6 nitrogen and oxygen atoms in total. The van der Waals surface area contributed by atoms with E-state index in [1.165, 1.54) is 83.5 Å². The van der Waals surface area contributed by atoms with E-state index >= 15 is 0 Å². The topological polar surface area (TPSA) is 78.9 Å². The molecule has 0 aliphatic rings. The van der Waals surface area contributed by atoms with E-state index in [9.17, 15) is 14.4 Å². The van der Waals surface area contributed by atoms with Crippen molar-refractivity contribution in [3.05, 3.63) is 0 Å². The summed E-state index contributed by atoms with van der Waals surface area (Å²) in [6.45, 7) is 11.1. The van der Waals surface area contributed by atoms with Crippen molar-refractivity contribution in [3.63, 3.8) is 0 Å². The van der Waals surface area contributed by atoms with Gasteiger partial charge in [0.15, 0.2) is 6.10 Å². The van der Waals surface area contributed by atoms with Crippen LogP contribution in [0.15, 0.2) is 0 Å². The fourth-order valence-corrected chi connectivity index (χ4v) is 5.34. The molecular weight excluding hydrogens is 552 g/mol. The van der Waals surface area contributed by atoms with Crippen LogP contribution in [0.1, 0.15) is 195 Å². The lowest BCUT2D eigenvalue weighted by molar-refractivity contribution is -0.167. The SMILES string of the molecule is CCCCCCCCCC(=O)O[C@@H](COC(=O)CCCCCCCCCC(C)C)COC(=O)CCCCCCCCC(C)C. The van der Waals surface area contributed by atoms with Crippen LogP contribution in [-0.2, 0) is 28.6 Å². The van der Waals surface area contributed by atoms with Crippen LogP contribution < -0.4 is 0 Å². The van der Waals surface area contributed by atoms with E-state index in [4.69, 9.17) is 14.2 Å². The third-order valence-corrected chi connectivity index (χ3v) is 8.22. The van der Waals surface area contributed by atoms with Crippen molar-refractivity contribution in [1.82, 2.24) is 0 Å². The largest absolute Gasteiger partial charge is 0.462 e. The Balaban J connectivity index is 4.34. The second kappa shape index (κ2) is 31.4. The zero-order valence-electron chi connectivity index (χ0n) is 29.8. The average molecular weight is 625 g/mol. The van der Waals surface area contributed by atoms with Gasteiger partial charge in [-0.25, -0.2) is 0 Å². The van der Waals surface area contributed by atoms with Gasteiger partial charge in [-0.2, -0.15) is 0 Å². The van der Waals surface area contributed by atoms with Crippen molar-refractivity contribution < 1.29 is 28.6 Å². The van der Waals surface area contributed by atoms with E-state index in [1.807, 2.05) is 0 Å². The molecule has 0 unspecified atom stereocenters. The Bertz CT molecular complexity index is 674. The van der Waals surface area contributed by atoms with Crippen LogP contribution >= 0.6 is 0 Å². The average Bonchev–Trinajstić information content (AvgIpc) is 2.98. The lowest BCUT2D eigenvalue weighted by atomic mass is 10.0. The Morgan fingerprint density at radius 2 is 0.750 bits per heavy atom. The van der Waals surface area contributed by atoms with Crippen LogP contribution in [0.3, 0.4) is 0 Å². The highest BCUT2D eigenvalue weighted by Crippen LogP contribution is 2.15. The number of ether oxygens (including phenoxy) is 3. The Morgan fingerprint density at radius 1 is 0.432 bits per heavy atom. The predicted octanol–water partition coefficient (Wildman–Crippen LogP) is 11.1. The number of carbonyl (C=O) groups is 3. The van der Waals surface area contributed by atoms with Gasteiger partial charge in [-0.15, -0.1) is 0 Å². The molecule has 0 aromatic rings. The second-order valence-electron chi connectivity index (χ2n) is 13.8. The van der Waals surface area contributed by atoms with E-state index in [1.54, 1.807) is 0 Å². The number of hydrogen-bond acceptors (Lipinski definition) is 6. The summed E-state index contributed by atoms with van der Waals surface area (Å²) in [6.07, 6.45) is 25.5. The van der Waals surface area contributed by atoms with Crippen LogP contribution in [0.25, 0.3) is 0 Å². The molecule has 0 rings (SSSR count). The molecule has 0 saturated carbocycles. The minimum atomic E-state index is -0.758. The lowest BCUT2D eigenvalue weighted by Crippen LogP contribution is -2.30. The highest BCUT2D eigenvalue weighted by atomic mass is 16.6. The van der Waals surface area contributed by atoms with Crippen LogP contribution in [0, 0.1) is 11.8 Å². The number of esters is 3. The second-order valence-corrected chi connectivity index (χ2v) is 13.8. The molecule has 0 aliphatic carbocycles. The minimum absolute atomic E-state index is 0.0684. The summed E-state index contributed by atoms with van der Waals surface area (Å²) in [5.74, 6) is 0.663. The summed E-state index contributed by atoms with van der Waals surface area (Å²) in [6, 6.07) is 0. The highest BCUT2D eigenvalue weighted by Gasteiger charge is 2.19. The molecule has 44 heavy (non-hydrogen) atoms. The third-order valence-electron chi connectivity index (χ3n) is 8.22. The van der Waals surface area contributed by atoms with E-state index in [0.717, 1.165) is 69.6 Å². The van der Waals surface area contributed by atoms with Crippen LogP contribution in [0.5, 0.6) is 0 Å². The monoisotopic (exact) mass is 625 g/mol. The first kappa shape index (κ1) is 42.4. The molecule has 0 radical (unpaired) electrons. The highest BCUT2D eigenvalue weighted by molar-refractivity contribution is 5.71. The molecular formula is C38H72O6. The number of carbonyl (C=O) groups excluding carboxylic acids is 3. The van der Waals surface area contributed by atoms with Crippen molar-refractivity contribution >= 4 is 17.9 Å². The maximum Gasteiger partial charge on any atom is 0.306 e. The Morgan fingerprint density at radius 3 is 1.11 bits per heavy atom. The maximum absolute atomic E-state index is 12.5. The maximum atomic E-state index is 12.5. The molecule has 0 aromatic heterocycles. The zero-order chi connectivity index (χ0) is 32.7. The van der Waals surface area contributed by atoms with Gasteiger partial charge in [0.05, 0.1) is 0 Å². The van der Waals surface area contributed by atoms with E-state index < -0.39 is 6.10 Å². The summed E-state index contributed by atoms with van der Waals surface area (Å²) in [5.41, 5.74) is 0. The molecule has 0 N–H and O–H groups in total. The van der Waals surface area contributed by atoms with Gasteiger partial charge >= 0.3 is 17.9 Å². The van der Waals surface area contributed by atoms with Crippen molar-refractivity contribution in [2.24, 2.45) is 11.8 Å². The molecule has 0 amide bonds. The van der Waals surface area contributed by atoms with Gasteiger partial charge in [0.1, 0.15) is 13.2 Å². The molecule has 0 fully saturated rings. The van der Waals surface area contributed by atoms with E-state index in [0.29, 0.717) is 19.3 Å². The molecule has 0 heterocycles. The number of hydrogen-bond donors (Lipinski definition) is 0. The Hall–Kier alpha value is -1.59. The summed E-state index contributed by atoms with van der Waals surface area (Å²) >= 11 is 0. The van der Waals surface area contributed by atoms with Gasteiger partial charge in [-0.3, -0.25) is 14.4 Å². The third kappa shape index (κ3) is 31.8. The number of unbranched alkanes of at least 4 members (excludes halogenated alkanes) is 17. The molecule has 0 saturated heterocycles. The van der Waals surface area contributed by atoms with Gasteiger partial charge < -0.3 is 14.2 Å². The Labute approximate surface area is 272 Å². The molecule has 0 aromatic carbocycles. The normalized spacial score (nSPS) is 12.1. The smallest absolute Gasteiger partial charge is 0.306 e. The van der Waals surface area contributed by atoms with E-state index in [-0.39, 0.29) is 31.1 Å². The number of rotatable bonds is 32. The van der Waals surface area contributed by atoms with Crippen molar-refractivity contribution in [3.8, 4) is 0 Å². The van der Waals surface area contributed by atoms with Gasteiger partial charge in [0.2, 0.25) is 0 Å². The lowest BCUT2D eigenvalue weighted by Gasteiger charge is -2.18. The van der Waals surface area contributed by atoms with Crippen LogP contribution in [0.4, 0.5) is 0 Å². The van der Waals surface area contributed by atoms with Crippen molar-refractivity contribution in [2.45, 2.75) is 201 Å². The van der Waals surface area contributed by atoms with Gasteiger partial charge in [-0.05, 0) is 31.1 Å². The standard InChI is InChI=1S/C38H72O6/c1-6-7-8-9-11-20-25-30-38(41)44-35(32-43-37(40)29-24-19-15-14-17-22-27-34(4)5)31-42-36(39)28-23-18-13-10-12-16-21-26-33(2)3/h33-35H,6-32H2,1-5H3/t35-/m0/s1. The molecule has 0 spiro atoms. The fraction of sp³-hybridized carbons (Fsp3) is 0.921. The molecule has 260 valence electrons. The molecule has 0 bridgehead atoms. The Kier molecular flexibility index (Phi) is 30.3. The first-order valence-corrected chi connectivity index (χ1v) is 18.7. The first-order chi connectivity index (χ1) is 21.2. The first-order valence-electron chi connectivity index (χ1n) is 18.7. The molecule has 0 aliphatic heterocycles. The summed E-state index contributed by atoms with van der Waals surface area (Å²) in [5, 5.41) is 0.